The van der Waals surface area contributed by atoms with E-state index in [1.807, 2.05) is 159 Å². The molecule has 0 heterocycles. The van der Waals surface area contributed by atoms with Gasteiger partial charge in [-0.05, 0) is 11.6 Å². The van der Waals surface area contributed by atoms with Crippen molar-refractivity contribution in [1.29, 1.82) is 0 Å². The fourth-order valence-corrected chi connectivity index (χ4v) is 2.43. The Labute approximate surface area is 271 Å². The molecule has 0 aliphatic carbocycles. The van der Waals surface area contributed by atoms with E-state index in [1.54, 1.807) is 24.3 Å². The normalized spacial score (nSPS) is 7.71. The molecule has 4 rings (SSSR count). The second-order valence-corrected chi connectivity index (χ2v) is 12.9. The summed E-state index contributed by atoms with van der Waals surface area (Å²) in [5, 5.41) is -0.407. The Kier molecular flexibility index (Phi) is 42.4. The van der Waals surface area contributed by atoms with Crippen molar-refractivity contribution in [2.45, 2.75) is 55.4 Å². The molecule has 2 nitrogen and oxygen atoms in total. The highest BCUT2D eigenvalue weighted by Crippen LogP contribution is 2.08. The quantitative estimate of drug-likeness (QED) is 0.125. The Morgan fingerprint density at radius 2 is 0.585 bits per heavy atom. The predicted molar refractivity (Wildman–Crippen MR) is 188 cm³/mol. The van der Waals surface area contributed by atoms with E-state index in [4.69, 9.17) is 41.7 Å². The molecule has 0 radical (unpaired) electrons. The first-order valence-corrected chi connectivity index (χ1v) is 19.3. The average molecular weight is 655 g/mol. The first-order valence-electron chi connectivity index (χ1n) is 13.7. The number of ketones is 1. The summed E-state index contributed by atoms with van der Waals surface area (Å²) in [7, 11) is 14.8. The van der Waals surface area contributed by atoms with E-state index in [-0.39, 0.29) is 5.78 Å². The van der Waals surface area contributed by atoms with E-state index in [0.29, 0.717) is 5.56 Å². The van der Waals surface area contributed by atoms with E-state index in [9.17, 15) is 9.59 Å². The lowest BCUT2D eigenvalue weighted by atomic mass is 10.0. The molecule has 0 spiro atoms. The van der Waals surface area contributed by atoms with E-state index >= 15 is 0 Å². The molecule has 0 unspecified atom stereocenters. The minimum atomic E-state index is -1.72. The monoisotopic (exact) mass is 652 g/mol. The Morgan fingerprint density at radius 1 is 0.415 bits per heavy atom. The SMILES string of the molecule is CC.CC.CC.CC.O=C(Cl)c1ccccc1.O=C(c1ccccc1)c1ccccc1.[Cl][Al]([Cl])[Cl].c1ccccc1. The molecule has 0 amide bonds. The van der Waals surface area contributed by atoms with Crippen molar-refractivity contribution < 1.29 is 9.59 Å². The number of benzene rings is 4. The summed E-state index contributed by atoms with van der Waals surface area (Å²) < 4.78 is 0. The standard InChI is InChI=1S/C13H10O.C7H5ClO.C6H6.4C2H6.Al.3ClH/c14-13(11-7-3-1-4-8-11)12-9-5-2-6-10-12;8-7(9)6-4-2-1-3-5-6;1-2-4-6-5-3-1;4*1-2;;;;/h1-10H;1-5H;1-6H;4*1-2H3;;3*1H/q;;;;;;;+3;;;/p-3. The summed E-state index contributed by atoms with van der Waals surface area (Å²) in [6, 6.07) is 39.3. The molecular weight excluding hydrogens is 609 g/mol. The topological polar surface area (TPSA) is 34.1 Å². The first kappa shape index (κ1) is 45.9. The van der Waals surface area contributed by atoms with Crippen molar-refractivity contribution in [3.05, 3.63) is 144 Å². The maximum Gasteiger partial charge on any atom is 0.643 e. The fourth-order valence-electron chi connectivity index (χ4n) is 2.30. The Morgan fingerprint density at radius 3 is 0.756 bits per heavy atom. The molecular formula is C34H45AlCl4O2. The van der Waals surface area contributed by atoms with Gasteiger partial charge in [-0.1, -0.05) is 183 Å². The number of carbonyl (C=O) groups is 2. The van der Waals surface area contributed by atoms with E-state index in [1.165, 1.54) is 0 Å². The van der Waals surface area contributed by atoms with E-state index in [2.05, 4.69) is 0 Å². The van der Waals surface area contributed by atoms with Gasteiger partial charge in [0.2, 0.25) is 0 Å². The molecule has 4 aromatic carbocycles. The largest absolute Gasteiger partial charge is 0.643 e. The van der Waals surface area contributed by atoms with Crippen LogP contribution in [0.25, 0.3) is 0 Å². The second kappa shape index (κ2) is 37.9. The van der Waals surface area contributed by atoms with Gasteiger partial charge in [0.1, 0.15) is 0 Å². The van der Waals surface area contributed by atoms with Crippen LogP contribution >= 0.6 is 41.7 Å². The molecule has 0 bridgehead atoms. The van der Waals surface area contributed by atoms with Gasteiger partial charge in [-0.25, -0.2) is 30.1 Å². The van der Waals surface area contributed by atoms with Gasteiger partial charge in [0.15, 0.2) is 5.78 Å². The molecule has 0 N–H and O–H groups in total. The summed E-state index contributed by atoms with van der Waals surface area (Å²) >= 11 is 3.44. The highest BCUT2D eigenvalue weighted by Gasteiger charge is 2.06. The van der Waals surface area contributed by atoms with Crippen LogP contribution in [0.5, 0.6) is 0 Å². The van der Waals surface area contributed by atoms with Gasteiger partial charge in [0.05, 0.1) is 0 Å². The van der Waals surface area contributed by atoms with Gasteiger partial charge in [-0.3, -0.25) is 9.59 Å². The molecule has 0 aromatic heterocycles. The third kappa shape index (κ3) is 30.7. The van der Waals surface area contributed by atoms with Gasteiger partial charge < -0.3 is 0 Å². The number of halogens is 4. The predicted octanol–water partition coefficient (Wildman–Crippen LogP) is 12.5. The Bertz CT molecular complexity index is 964. The van der Waals surface area contributed by atoms with Crippen molar-refractivity contribution in [2.75, 3.05) is 0 Å². The third-order valence-electron chi connectivity index (χ3n) is 3.74. The summed E-state index contributed by atoms with van der Waals surface area (Å²) in [4.78, 5) is 22.3. The Balaban J connectivity index is -0.000000220. The maximum atomic E-state index is 11.8. The van der Waals surface area contributed by atoms with Crippen LogP contribution < -0.4 is 0 Å². The molecule has 41 heavy (non-hydrogen) atoms. The smallest absolute Gasteiger partial charge is 0.289 e. The third-order valence-corrected chi connectivity index (χ3v) is 3.96. The minimum absolute atomic E-state index is 0.0752. The van der Waals surface area contributed by atoms with Gasteiger partial charge in [0.25, 0.3) is 5.24 Å². The summed E-state index contributed by atoms with van der Waals surface area (Å²) in [6.45, 7) is 16.0. The summed E-state index contributed by atoms with van der Waals surface area (Å²) in [6.07, 6.45) is 0. The molecule has 0 fully saturated rings. The van der Waals surface area contributed by atoms with Gasteiger partial charge in [-0.15, -0.1) is 0 Å². The number of carbonyl (C=O) groups excluding carboxylic acids is 2. The first-order chi connectivity index (χ1) is 19.9. The summed E-state index contributed by atoms with van der Waals surface area (Å²) in [5.41, 5.74) is 2.01. The summed E-state index contributed by atoms with van der Waals surface area (Å²) in [5.74, 6) is 0.0752. The molecule has 224 valence electrons. The lowest BCUT2D eigenvalue weighted by Gasteiger charge is -1.99. The van der Waals surface area contributed by atoms with E-state index < -0.39 is 16.6 Å². The zero-order chi connectivity index (χ0) is 32.3. The highest BCUT2D eigenvalue weighted by atomic mass is 35.8. The van der Waals surface area contributed by atoms with E-state index in [0.717, 1.165) is 11.1 Å². The molecule has 0 aliphatic heterocycles. The lowest BCUT2D eigenvalue weighted by molar-refractivity contribution is 0.103. The van der Waals surface area contributed by atoms with Crippen LogP contribution in [0.1, 0.15) is 81.7 Å². The molecule has 4 aromatic rings. The Hall–Kier alpha value is -2.09. The molecule has 7 heteroatoms. The molecule has 0 saturated heterocycles. The minimum Gasteiger partial charge on any atom is -0.289 e. The van der Waals surface area contributed by atoms with Gasteiger partial charge >= 0.3 is 11.4 Å². The highest BCUT2D eigenvalue weighted by molar-refractivity contribution is 7.54. The average Bonchev–Trinajstić information content (AvgIpc) is 3.07. The van der Waals surface area contributed by atoms with Crippen LogP contribution in [0, 0.1) is 0 Å². The van der Waals surface area contributed by atoms with Crippen molar-refractivity contribution in [1.82, 2.24) is 0 Å². The van der Waals surface area contributed by atoms with Crippen molar-refractivity contribution in [2.24, 2.45) is 0 Å². The van der Waals surface area contributed by atoms with Crippen LogP contribution in [0.3, 0.4) is 0 Å². The number of hydrogen-bond donors (Lipinski definition) is 0. The van der Waals surface area contributed by atoms with Crippen molar-refractivity contribution in [3.8, 4) is 0 Å². The maximum absolute atomic E-state index is 11.8. The molecule has 0 saturated carbocycles. The van der Waals surface area contributed by atoms with Crippen LogP contribution in [0.15, 0.2) is 127 Å². The van der Waals surface area contributed by atoms with Crippen LogP contribution in [0.4, 0.5) is 0 Å². The van der Waals surface area contributed by atoms with Crippen LogP contribution in [-0.2, 0) is 0 Å². The number of hydrogen-bond acceptors (Lipinski definition) is 2. The van der Waals surface area contributed by atoms with Crippen molar-refractivity contribution >= 4 is 64.2 Å². The van der Waals surface area contributed by atoms with Gasteiger partial charge in [-0.2, -0.15) is 0 Å². The van der Waals surface area contributed by atoms with Gasteiger partial charge in [0, 0.05) is 16.7 Å². The van der Waals surface area contributed by atoms with Crippen LogP contribution in [0.2, 0.25) is 0 Å². The fraction of sp³-hybridized carbons (Fsp3) is 0.235. The van der Waals surface area contributed by atoms with Crippen LogP contribution in [-0.4, -0.2) is 22.4 Å². The zero-order valence-electron chi connectivity index (χ0n) is 25.5. The second-order valence-electron chi connectivity index (χ2n) is 6.10. The molecule has 0 aliphatic rings. The van der Waals surface area contributed by atoms with Crippen molar-refractivity contribution in [3.63, 3.8) is 0 Å². The molecule has 0 atom stereocenters. The lowest BCUT2D eigenvalue weighted by Crippen LogP contribution is -1.99. The number of rotatable bonds is 3. The zero-order valence-corrected chi connectivity index (χ0v) is 29.7.